The highest BCUT2D eigenvalue weighted by Gasteiger charge is 2.30. The molecule has 8 heteroatoms. The van der Waals surface area contributed by atoms with E-state index in [2.05, 4.69) is 15.0 Å². The Morgan fingerprint density at radius 1 is 1.17 bits per heavy atom. The van der Waals surface area contributed by atoms with Gasteiger partial charge in [0.25, 0.3) is 0 Å². The van der Waals surface area contributed by atoms with Crippen molar-refractivity contribution in [1.82, 2.24) is 9.97 Å². The number of carbonyl (C=O) groups is 1. The first-order chi connectivity index (χ1) is 11.0. The lowest BCUT2D eigenvalue weighted by Crippen LogP contribution is -2.16. The van der Waals surface area contributed by atoms with Crippen LogP contribution in [0.2, 0.25) is 5.02 Å². The first-order valence-electron chi connectivity index (χ1n) is 6.40. The van der Waals surface area contributed by atoms with E-state index in [0.717, 1.165) is 0 Å². The summed E-state index contributed by atoms with van der Waals surface area (Å²) < 4.78 is 0. The highest BCUT2D eigenvalue weighted by molar-refractivity contribution is 6.32. The first-order valence-corrected chi connectivity index (χ1v) is 6.78. The largest absolute Gasteiger partial charge is 0.368 e. The third-order valence-corrected chi connectivity index (χ3v) is 3.45. The second-order valence-corrected chi connectivity index (χ2v) is 5.10. The van der Waals surface area contributed by atoms with Crippen LogP contribution in [-0.4, -0.2) is 28.1 Å². The van der Waals surface area contributed by atoms with Crippen molar-refractivity contribution in [3.8, 4) is 23.4 Å². The summed E-state index contributed by atoms with van der Waals surface area (Å²) in [5.41, 5.74) is 7.42. The van der Waals surface area contributed by atoms with E-state index < -0.39 is 5.91 Å². The summed E-state index contributed by atoms with van der Waals surface area (Å²) in [6.45, 7) is -0.232. The highest BCUT2D eigenvalue weighted by Crippen LogP contribution is 2.36. The van der Waals surface area contributed by atoms with E-state index in [0.29, 0.717) is 33.2 Å². The summed E-state index contributed by atoms with van der Waals surface area (Å²) in [7, 11) is 0. The molecule has 3 rings (SSSR count). The Morgan fingerprint density at radius 3 is 2.43 bits per heavy atom. The summed E-state index contributed by atoms with van der Waals surface area (Å²) in [6, 6.07) is 8.74. The number of hydrogen-bond donors (Lipinski definition) is 1. The minimum absolute atomic E-state index is 0.0664. The Bertz CT molecular complexity index is 967. The Hall–Kier alpha value is -3.29. The Labute approximate surface area is 135 Å². The van der Waals surface area contributed by atoms with Crippen LogP contribution in [0.4, 0.5) is 0 Å². The number of amides is 1. The SMILES string of the molecule is N#Cc1nc2c(nc1C#N)-c1ccc(Cl)cc1C2=NCC(N)=O. The van der Waals surface area contributed by atoms with Crippen LogP contribution in [0.5, 0.6) is 0 Å². The normalized spacial score (nSPS) is 13.1. The van der Waals surface area contributed by atoms with Gasteiger partial charge in [0.1, 0.15) is 30.1 Å². The predicted octanol–water partition coefficient (Wildman–Crippen LogP) is 1.18. The van der Waals surface area contributed by atoms with Crippen LogP contribution in [0.25, 0.3) is 11.3 Å². The molecule has 1 aromatic carbocycles. The fourth-order valence-electron chi connectivity index (χ4n) is 2.31. The number of carbonyl (C=O) groups excluding carboxylic acids is 1. The fourth-order valence-corrected chi connectivity index (χ4v) is 2.48. The van der Waals surface area contributed by atoms with Crippen molar-refractivity contribution in [3.05, 3.63) is 45.9 Å². The minimum atomic E-state index is -0.600. The molecule has 0 saturated heterocycles. The molecule has 0 spiro atoms. The molecule has 0 atom stereocenters. The van der Waals surface area contributed by atoms with Gasteiger partial charge >= 0.3 is 0 Å². The predicted molar refractivity (Wildman–Crippen MR) is 81.6 cm³/mol. The molecule has 2 aromatic rings. The summed E-state index contributed by atoms with van der Waals surface area (Å²) in [6.07, 6.45) is 0. The monoisotopic (exact) mass is 322 g/mol. The molecular weight excluding hydrogens is 316 g/mol. The van der Waals surface area contributed by atoms with Gasteiger partial charge in [-0.1, -0.05) is 17.7 Å². The second-order valence-electron chi connectivity index (χ2n) is 4.66. The van der Waals surface area contributed by atoms with E-state index in [1.165, 1.54) is 0 Å². The van der Waals surface area contributed by atoms with Crippen LogP contribution < -0.4 is 5.73 Å². The van der Waals surface area contributed by atoms with Gasteiger partial charge < -0.3 is 5.73 Å². The van der Waals surface area contributed by atoms with E-state index in [1.807, 2.05) is 12.1 Å². The van der Waals surface area contributed by atoms with Gasteiger partial charge in [0.15, 0.2) is 11.4 Å². The lowest BCUT2D eigenvalue weighted by molar-refractivity contribution is -0.116. The van der Waals surface area contributed by atoms with Crippen molar-refractivity contribution < 1.29 is 4.79 Å². The van der Waals surface area contributed by atoms with Crippen LogP contribution in [-0.2, 0) is 4.79 Å². The zero-order valence-corrected chi connectivity index (χ0v) is 12.3. The smallest absolute Gasteiger partial charge is 0.239 e. The van der Waals surface area contributed by atoms with E-state index in [9.17, 15) is 4.79 Å². The number of benzene rings is 1. The molecule has 1 aromatic heterocycles. The summed E-state index contributed by atoms with van der Waals surface area (Å²) in [5, 5.41) is 18.7. The van der Waals surface area contributed by atoms with Crippen molar-refractivity contribution in [2.24, 2.45) is 10.7 Å². The number of aromatic nitrogens is 2. The van der Waals surface area contributed by atoms with Crippen molar-refractivity contribution >= 4 is 23.2 Å². The number of nitrogens with two attached hydrogens (primary N) is 1. The average molecular weight is 323 g/mol. The number of halogens is 1. The van der Waals surface area contributed by atoms with Crippen molar-refractivity contribution in [2.75, 3.05) is 6.54 Å². The van der Waals surface area contributed by atoms with Gasteiger partial charge in [-0.25, -0.2) is 9.97 Å². The quantitative estimate of drug-likeness (QED) is 0.757. The molecule has 0 bridgehead atoms. The maximum absolute atomic E-state index is 11.0. The van der Waals surface area contributed by atoms with Gasteiger partial charge in [0.05, 0.1) is 5.71 Å². The lowest BCUT2D eigenvalue weighted by Gasteiger charge is -2.01. The first kappa shape index (κ1) is 14.6. The molecule has 0 radical (unpaired) electrons. The number of aliphatic imine (C=N–C) groups is 1. The summed E-state index contributed by atoms with van der Waals surface area (Å²) >= 11 is 6.02. The molecule has 0 fully saturated rings. The molecule has 1 amide bonds. The van der Waals surface area contributed by atoms with Crippen LogP contribution in [0.3, 0.4) is 0 Å². The molecule has 110 valence electrons. The number of nitrogens with zero attached hydrogens (tertiary/aromatic N) is 5. The van der Waals surface area contributed by atoms with Crippen LogP contribution in [0, 0.1) is 22.7 Å². The Balaban J connectivity index is 2.32. The third-order valence-electron chi connectivity index (χ3n) is 3.22. The number of primary amides is 1. The Morgan fingerprint density at radius 2 is 1.83 bits per heavy atom. The van der Waals surface area contributed by atoms with E-state index in [4.69, 9.17) is 27.9 Å². The zero-order chi connectivity index (χ0) is 16.6. The summed E-state index contributed by atoms with van der Waals surface area (Å²) in [5.74, 6) is -0.600. The number of hydrogen-bond acceptors (Lipinski definition) is 6. The molecule has 0 unspecified atom stereocenters. The molecular formula is C15H7ClN6O. The molecule has 7 nitrogen and oxygen atoms in total. The van der Waals surface area contributed by atoms with Gasteiger partial charge in [-0.05, 0) is 12.1 Å². The van der Waals surface area contributed by atoms with Gasteiger partial charge in [0, 0.05) is 16.1 Å². The standard InChI is InChI=1S/C15H7ClN6O/c16-7-1-2-8-9(3-7)13(20-6-12(19)23)15-14(8)21-10(4-17)11(5-18)22-15/h1-3H,6H2,(H2,19,23). The number of rotatable bonds is 2. The zero-order valence-electron chi connectivity index (χ0n) is 11.5. The van der Waals surface area contributed by atoms with Crippen LogP contribution in [0.15, 0.2) is 23.2 Å². The number of fused-ring (bicyclic) bond motifs is 3. The molecule has 1 heterocycles. The van der Waals surface area contributed by atoms with Gasteiger partial charge in [-0.15, -0.1) is 0 Å². The van der Waals surface area contributed by atoms with Crippen LogP contribution in [0.1, 0.15) is 22.6 Å². The van der Waals surface area contributed by atoms with E-state index in [1.54, 1.807) is 18.2 Å². The van der Waals surface area contributed by atoms with Gasteiger partial charge in [-0.3, -0.25) is 9.79 Å². The van der Waals surface area contributed by atoms with Crippen molar-refractivity contribution in [1.29, 1.82) is 10.5 Å². The molecule has 0 saturated carbocycles. The van der Waals surface area contributed by atoms with Gasteiger partial charge in [0.2, 0.25) is 5.91 Å². The minimum Gasteiger partial charge on any atom is -0.368 e. The maximum Gasteiger partial charge on any atom is 0.239 e. The number of nitriles is 2. The van der Waals surface area contributed by atoms with Crippen molar-refractivity contribution in [3.63, 3.8) is 0 Å². The van der Waals surface area contributed by atoms with Gasteiger partial charge in [-0.2, -0.15) is 10.5 Å². The third kappa shape index (κ3) is 2.39. The topological polar surface area (TPSA) is 129 Å². The van der Waals surface area contributed by atoms with Crippen molar-refractivity contribution in [2.45, 2.75) is 0 Å². The maximum atomic E-state index is 11.0. The molecule has 0 aliphatic heterocycles. The van der Waals surface area contributed by atoms with E-state index >= 15 is 0 Å². The highest BCUT2D eigenvalue weighted by atomic mass is 35.5. The summed E-state index contributed by atoms with van der Waals surface area (Å²) in [4.78, 5) is 23.6. The van der Waals surface area contributed by atoms with E-state index in [-0.39, 0.29) is 17.9 Å². The molecule has 2 N–H and O–H groups in total. The second kappa shape index (κ2) is 5.48. The average Bonchev–Trinajstić information content (AvgIpc) is 2.83. The molecule has 23 heavy (non-hydrogen) atoms. The van der Waals surface area contributed by atoms with Crippen LogP contribution >= 0.6 is 11.6 Å². The molecule has 1 aliphatic rings. The lowest BCUT2D eigenvalue weighted by atomic mass is 10.1. The molecule has 1 aliphatic carbocycles. The fraction of sp³-hybridized carbons (Fsp3) is 0.0667. The Kier molecular flexibility index (Phi) is 3.49.